The van der Waals surface area contributed by atoms with Gasteiger partial charge in [0.05, 0.1) is 13.7 Å². The molecule has 0 aromatic heterocycles. The van der Waals surface area contributed by atoms with Crippen LogP contribution in [-0.2, 0) is 24.2 Å². The van der Waals surface area contributed by atoms with Gasteiger partial charge in [-0.25, -0.2) is 4.79 Å². The number of fused-ring (bicyclic) bond motifs is 1. The van der Waals surface area contributed by atoms with E-state index in [1.54, 1.807) is 7.11 Å². The van der Waals surface area contributed by atoms with Crippen LogP contribution in [0.5, 0.6) is 5.75 Å². The molecule has 1 heterocycles. The van der Waals surface area contributed by atoms with Gasteiger partial charge in [0.1, 0.15) is 5.75 Å². The Balaban J connectivity index is 2.33. The molecule has 1 aromatic carbocycles. The quantitative estimate of drug-likeness (QED) is 0.836. The maximum Gasteiger partial charge on any atom is 0.410 e. The van der Waals surface area contributed by atoms with E-state index in [2.05, 4.69) is 38.1 Å². The first-order valence-electron chi connectivity index (χ1n) is 8.26. The van der Waals surface area contributed by atoms with Gasteiger partial charge >= 0.3 is 6.09 Å². The first-order valence-corrected chi connectivity index (χ1v) is 8.26. The topological polar surface area (TPSA) is 42.0 Å². The number of rotatable bonds is 5. The molecule has 128 valence electrons. The number of methoxy groups -OCH3 is 1. The van der Waals surface area contributed by atoms with Crippen molar-refractivity contribution in [3.63, 3.8) is 0 Å². The molecule has 1 unspecified atom stereocenters. The van der Waals surface area contributed by atoms with Gasteiger partial charge in [-0.2, -0.15) is 0 Å². The summed E-state index contributed by atoms with van der Waals surface area (Å²) in [6.45, 7) is 5.79. The summed E-state index contributed by atoms with van der Waals surface area (Å²) in [5, 5.41) is 0. The largest absolute Gasteiger partial charge is 0.496 e. The number of amides is 1. The van der Waals surface area contributed by atoms with E-state index in [4.69, 9.17) is 9.47 Å². The molecule has 0 saturated carbocycles. The normalized spacial score (nSPS) is 17.1. The summed E-state index contributed by atoms with van der Waals surface area (Å²) in [6.07, 6.45) is 1.57. The van der Waals surface area contributed by atoms with Crippen LogP contribution in [0.15, 0.2) is 12.1 Å². The predicted molar refractivity (Wildman–Crippen MR) is 90.7 cm³/mol. The standard InChI is InChI=1S/C18H28N2O3/c1-6-16-9-13-8-15(11-19(3)4)17(22-5)10-14(13)12-20(16)18(21)23-7-2/h8,10,16H,6-7,9,11-12H2,1-5H3. The lowest BCUT2D eigenvalue weighted by molar-refractivity contribution is 0.0813. The Morgan fingerprint density at radius 3 is 2.61 bits per heavy atom. The molecule has 0 radical (unpaired) electrons. The molecule has 0 spiro atoms. The Labute approximate surface area is 139 Å². The number of benzene rings is 1. The van der Waals surface area contributed by atoms with Crippen LogP contribution in [0.1, 0.15) is 37.0 Å². The third-order valence-electron chi connectivity index (χ3n) is 4.30. The number of hydrogen-bond donors (Lipinski definition) is 0. The zero-order valence-corrected chi connectivity index (χ0v) is 14.9. The number of nitrogens with zero attached hydrogens (tertiary/aromatic N) is 2. The fraction of sp³-hybridized carbons (Fsp3) is 0.611. The van der Waals surface area contributed by atoms with Gasteiger partial charge in [0.25, 0.3) is 0 Å². The van der Waals surface area contributed by atoms with E-state index in [1.165, 1.54) is 11.1 Å². The molecule has 1 atom stereocenters. The highest BCUT2D eigenvalue weighted by molar-refractivity contribution is 5.69. The van der Waals surface area contributed by atoms with Gasteiger partial charge in [0.15, 0.2) is 0 Å². The molecule has 5 heteroatoms. The van der Waals surface area contributed by atoms with Crippen LogP contribution in [0.25, 0.3) is 0 Å². The molecular formula is C18H28N2O3. The molecule has 1 aliphatic heterocycles. The summed E-state index contributed by atoms with van der Waals surface area (Å²) in [5.41, 5.74) is 3.66. The minimum atomic E-state index is -0.221. The Kier molecular flexibility index (Phi) is 5.88. The summed E-state index contributed by atoms with van der Waals surface area (Å²) in [4.78, 5) is 16.2. The SMILES string of the molecule is CCOC(=O)N1Cc2cc(OC)c(CN(C)C)cc2CC1CC. The molecule has 5 nitrogen and oxygen atoms in total. The molecule has 2 rings (SSSR count). The zero-order chi connectivity index (χ0) is 17.0. The minimum absolute atomic E-state index is 0.196. The van der Waals surface area contributed by atoms with Crippen molar-refractivity contribution in [2.45, 2.75) is 45.8 Å². The summed E-state index contributed by atoms with van der Waals surface area (Å²) >= 11 is 0. The van der Waals surface area contributed by atoms with Gasteiger partial charge in [-0.15, -0.1) is 0 Å². The minimum Gasteiger partial charge on any atom is -0.496 e. The van der Waals surface area contributed by atoms with Gasteiger partial charge in [0, 0.05) is 24.7 Å². The molecule has 0 bridgehead atoms. The van der Waals surface area contributed by atoms with Crippen molar-refractivity contribution < 1.29 is 14.3 Å². The Bertz CT molecular complexity index is 557. The van der Waals surface area contributed by atoms with Gasteiger partial charge < -0.3 is 19.3 Å². The molecular weight excluding hydrogens is 292 g/mol. The van der Waals surface area contributed by atoms with Gasteiger partial charge in [-0.1, -0.05) is 13.0 Å². The van der Waals surface area contributed by atoms with Gasteiger partial charge in [-0.05, 0) is 51.1 Å². The summed E-state index contributed by atoms with van der Waals surface area (Å²) in [7, 11) is 5.80. The molecule has 1 aromatic rings. The smallest absolute Gasteiger partial charge is 0.410 e. The highest BCUT2D eigenvalue weighted by Crippen LogP contribution is 2.31. The lowest BCUT2D eigenvalue weighted by Crippen LogP contribution is -2.44. The van der Waals surface area contributed by atoms with Crippen molar-refractivity contribution in [3.05, 3.63) is 28.8 Å². The second-order valence-electron chi connectivity index (χ2n) is 6.26. The van der Waals surface area contributed by atoms with Crippen LogP contribution in [-0.4, -0.2) is 49.7 Å². The highest BCUT2D eigenvalue weighted by Gasteiger charge is 2.30. The summed E-state index contributed by atoms with van der Waals surface area (Å²) < 4.78 is 10.8. The van der Waals surface area contributed by atoms with Gasteiger partial charge in [0.2, 0.25) is 0 Å². The van der Waals surface area contributed by atoms with E-state index in [-0.39, 0.29) is 12.1 Å². The fourth-order valence-electron chi connectivity index (χ4n) is 3.17. The fourth-order valence-corrected chi connectivity index (χ4v) is 3.17. The van der Waals surface area contributed by atoms with Crippen LogP contribution < -0.4 is 4.74 Å². The van der Waals surface area contributed by atoms with Crippen molar-refractivity contribution in [2.24, 2.45) is 0 Å². The van der Waals surface area contributed by atoms with Crippen molar-refractivity contribution in [2.75, 3.05) is 27.8 Å². The maximum atomic E-state index is 12.2. The van der Waals surface area contributed by atoms with Gasteiger partial charge in [-0.3, -0.25) is 0 Å². The third kappa shape index (κ3) is 3.96. The van der Waals surface area contributed by atoms with Crippen LogP contribution in [0.2, 0.25) is 0 Å². The summed E-state index contributed by atoms with van der Waals surface area (Å²) in [5.74, 6) is 0.885. The van der Waals surface area contributed by atoms with Crippen molar-refractivity contribution in [1.29, 1.82) is 0 Å². The van der Waals surface area contributed by atoms with Crippen LogP contribution >= 0.6 is 0 Å². The first-order chi connectivity index (χ1) is 11.0. The molecule has 23 heavy (non-hydrogen) atoms. The molecule has 0 aliphatic carbocycles. The van der Waals surface area contributed by atoms with Crippen molar-refractivity contribution in [1.82, 2.24) is 9.80 Å². The second kappa shape index (κ2) is 7.68. The zero-order valence-electron chi connectivity index (χ0n) is 14.9. The van der Waals surface area contributed by atoms with Crippen molar-refractivity contribution in [3.8, 4) is 5.75 Å². The molecule has 0 fully saturated rings. The summed E-state index contributed by atoms with van der Waals surface area (Å²) in [6, 6.07) is 4.51. The van der Waals surface area contributed by atoms with E-state index >= 15 is 0 Å². The lowest BCUT2D eigenvalue weighted by Gasteiger charge is -2.36. The van der Waals surface area contributed by atoms with E-state index in [0.29, 0.717) is 13.2 Å². The number of carbonyl (C=O) groups excluding carboxylic acids is 1. The van der Waals surface area contributed by atoms with E-state index < -0.39 is 0 Å². The average Bonchev–Trinajstić information content (AvgIpc) is 2.52. The molecule has 0 N–H and O–H groups in total. The Morgan fingerprint density at radius 2 is 2.04 bits per heavy atom. The van der Waals surface area contributed by atoms with E-state index in [9.17, 15) is 4.79 Å². The lowest BCUT2D eigenvalue weighted by atomic mass is 9.91. The average molecular weight is 320 g/mol. The van der Waals surface area contributed by atoms with Crippen LogP contribution in [0.4, 0.5) is 4.79 Å². The predicted octanol–water partition coefficient (Wildman–Crippen LogP) is 3.05. The van der Waals surface area contributed by atoms with Crippen LogP contribution in [0, 0.1) is 0 Å². The Morgan fingerprint density at radius 1 is 1.30 bits per heavy atom. The van der Waals surface area contributed by atoms with E-state index in [0.717, 1.165) is 30.7 Å². The van der Waals surface area contributed by atoms with Crippen LogP contribution in [0.3, 0.4) is 0 Å². The Hall–Kier alpha value is -1.75. The van der Waals surface area contributed by atoms with E-state index in [1.807, 2.05) is 11.8 Å². The highest BCUT2D eigenvalue weighted by atomic mass is 16.6. The molecule has 1 aliphatic rings. The second-order valence-corrected chi connectivity index (χ2v) is 6.26. The molecule has 1 amide bonds. The van der Waals surface area contributed by atoms with Crippen molar-refractivity contribution >= 4 is 6.09 Å². The maximum absolute atomic E-state index is 12.2. The number of ether oxygens (including phenoxy) is 2. The number of carbonyl (C=O) groups is 1. The third-order valence-corrected chi connectivity index (χ3v) is 4.30. The number of hydrogen-bond acceptors (Lipinski definition) is 4. The monoisotopic (exact) mass is 320 g/mol. The molecule has 0 saturated heterocycles. The first kappa shape index (κ1) is 17.6.